The van der Waals surface area contributed by atoms with Crippen molar-refractivity contribution >= 4 is 34.4 Å². The number of piperazine rings is 1. The van der Waals surface area contributed by atoms with Gasteiger partial charge in [-0.3, -0.25) is 4.79 Å². The molecule has 8 heteroatoms. The monoisotopic (exact) mass is 544 g/mol. The topological polar surface area (TPSA) is 67.2 Å². The van der Waals surface area contributed by atoms with Gasteiger partial charge in [0.15, 0.2) is 5.65 Å². The summed E-state index contributed by atoms with van der Waals surface area (Å²) >= 11 is 6.29. The van der Waals surface area contributed by atoms with Crippen molar-refractivity contribution in [3.05, 3.63) is 77.2 Å². The van der Waals surface area contributed by atoms with E-state index in [4.69, 9.17) is 21.6 Å². The minimum Gasteiger partial charge on any atom is -0.352 e. The Morgan fingerprint density at radius 2 is 1.67 bits per heavy atom. The molecule has 3 heterocycles. The molecule has 1 fully saturated rings. The number of carbonyl (C=O) groups excluding carboxylic acids is 1. The number of hydrogen-bond acceptors (Lipinski definition) is 5. The number of rotatable bonds is 11. The SMILES string of the molecule is CCCCCCCCC(=O)N1CCN(c2nc(Cc3ccccc3)nc3c2cnn3-c2cccc(Cl)c2)CC1. The van der Waals surface area contributed by atoms with Gasteiger partial charge in [-0.05, 0) is 30.2 Å². The largest absolute Gasteiger partial charge is 0.352 e. The highest BCUT2D eigenvalue weighted by Crippen LogP contribution is 2.28. The zero-order valence-electron chi connectivity index (χ0n) is 22.7. The fourth-order valence-electron chi connectivity index (χ4n) is 5.21. The van der Waals surface area contributed by atoms with Gasteiger partial charge in [-0.1, -0.05) is 87.0 Å². The van der Waals surface area contributed by atoms with E-state index in [0.29, 0.717) is 31.0 Å². The number of unbranched alkanes of at least 4 members (excludes halogenated alkanes) is 5. The zero-order valence-corrected chi connectivity index (χ0v) is 23.5. The summed E-state index contributed by atoms with van der Waals surface area (Å²) in [5.41, 5.74) is 2.77. The van der Waals surface area contributed by atoms with Crippen LogP contribution >= 0.6 is 11.6 Å². The predicted octanol–water partition coefficient (Wildman–Crippen LogP) is 6.46. The first-order chi connectivity index (χ1) is 19.1. The molecule has 1 aliphatic rings. The summed E-state index contributed by atoms with van der Waals surface area (Å²) in [6.45, 7) is 5.11. The lowest BCUT2D eigenvalue weighted by Crippen LogP contribution is -2.49. The van der Waals surface area contributed by atoms with Crippen molar-refractivity contribution in [2.75, 3.05) is 31.1 Å². The Kier molecular flexibility index (Phi) is 9.09. The van der Waals surface area contributed by atoms with Gasteiger partial charge < -0.3 is 9.80 Å². The van der Waals surface area contributed by atoms with Crippen molar-refractivity contribution < 1.29 is 4.79 Å². The maximum absolute atomic E-state index is 12.8. The summed E-state index contributed by atoms with van der Waals surface area (Å²) in [6.07, 6.45) is 10.3. The molecular formula is C31H37ClN6O. The quantitative estimate of drug-likeness (QED) is 0.203. The van der Waals surface area contributed by atoms with Gasteiger partial charge >= 0.3 is 0 Å². The van der Waals surface area contributed by atoms with Crippen molar-refractivity contribution in [2.45, 2.75) is 58.3 Å². The Balaban J connectivity index is 1.34. The van der Waals surface area contributed by atoms with Gasteiger partial charge in [-0.15, -0.1) is 0 Å². The van der Waals surface area contributed by atoms with E-state index in [2.05, 4.69) is 29.1 Å². The van der Waals surface area contributed by atoms with Crippen LogP contribution in [0, 0.1) is 0 Å². The van der Waals surface area contributed by atoms with Crippen molar-refractivity contribution in [3.8, 4) is 5.69 Å². The Labute approximate surface area is 235 Å². The molecule has 0 aliphatic carbocycles. The molecule has 7 nitrogen and oxygen atoms in total. The van der Waals surface area contributed by atoms with Crippen LogP contribution in [0.2, 0.25) is 5.02 Å². The summed E-state index contributed by atoms with van der Waals surface area (Å²) in [7, 11) is 0. The highest BCUT2D eigenvalue weighted by molar-refractivity contribution is 6.30. The van der Waals surface area contributed by atoms with Crippen LogP contribution in [0.5, 0.6) is 0 Å². The first-order valence-electron chi connectivity index (χ1n) is 14.2. The molecule has 204 valence electrons. The van der Waals surface area contributed by atoms with Crippen LogP contribution in [0.25, 0.3) is 16.7 Å². The van der Waals surface area contributed by atoms with Gasteiger partial charge in [0.2, 0.25) is 5.91 Å². The van der Waals surface area contributed by atoms with Gasteiger partial charge in [0.05, 0.1) is 17.3 Å². The first-order valence-corrected chi connectivity index (χ1v) is 14.6. The lowest BCUT2D eigenvalue weighted by atomic mass is 10.1. The van der Waals surface area contributed by atoms with Crippen molar-refractivity contribution in [3.63, 3.8) is 0 Å². The number of amides is 1. The number of anilines is 1. The second-order valence-electron chi connectivity index (χ2n) is 10.3. The van der Waals surface area contributed by atoms with Gasteiger partial charge in [0.1, 0.15) is 11.6 Å². The maximum atomic E-state index is 12.8. The fraction of sp³-hybridized carbons (Fsp3) is 0.419. The van der Waals surface area contributed by atoms with Crippen molar-refractivity contribution in [2.24, 2.45) is 0 Å². The number of nitrogens with zero attached hydrogens (tertiary/aromatic N) is 6. The molecule has 39 heavy (non-hydrogen) atoms. The molecule has 4 aromatic rings. The normalized spacial score (nSPS) is 13.8. The zero-order chi connectivity index (χ0) is 27.0. The van der Waals surface area contributed by atoms with Crippen LogP contribution in [0.3, 0.4) is 0 Å². The molecule has 1 aliphatic heterocycles. The van der Waals surface area contributed by atoms with Crippen LogP contribution in [0.15, 0.2) is 60.8 Å². The van der Waals surface area contributed by atoms with E-state index in [1.54, 1.807) is 0 Å². The second-order valence-corrected chi connectivity index (χ2v) is 10.7. The van der Waals surface area contributed by atoms with Gasteiger partial charge in [-0.2, -0.15) is 5.10 Å². The van der Waals surface area contributed by atoms with E-state index in [9.17, 15) is 4.79 Å². The number of benzene rings is 2. The summed E-state index contributed by atoms with van der Waals surface area (Å²) in [5, 5.41) is 6.23. The lowest BCUT2D eigenvalue weighted by Gasteiger charge is -2.35. The van der Waals surface area contributed by atoms with E-state index in [-0.39, 0.29) is 5.91 Å². The fourth-order valence-corrected chi connectivity index (χ4v) is 5.40. The third kappa shape index (κ3) is 6.77. The molecule has 0 spiro atoms. The molecular weight excluding hydrogens is 508 g/mol. The van der Waals surface area contributed by atoms with E-state index >= 15 is 0 Å². The first kappa shape index (κ1) is 27.1. The van der Waals surface area contributed by atoms with Crippen LogP contribution < -0.4 is 4.90 Å². The molecule has 1 amide bonds. The molecule has 2 aromatic heterocycles. The predicted molar refractivity (Wildman–Crippen MR) is 158 cm³/mol. The Hall–Kier alpha value is -3.45. The number of hydrogen-bond donors (Lipinski definition) is 0. The van der Waals surface area contributed by atoms with E-state index in [1.807, 2.05) is 58.2 Å². The summed E-state index contributed by atoms with van der Waals surface area (Å²) < 4.78 is 1.83. The molecule has 0 unspecified atom stereocenters. The smallest absolute Gasteiger partial charge is 0.222 e. The maximum Gasteiger partial charge on any atom is 0.222 e. The molecule has 0 N–H and O–H groups in total. The number of aromatic nitrogens is 4. The third-order valence-corrected chi connectivity index (χ3v) is 7.62. The average molecular weight is 545 g/mol. The highest BCUT2D eigenvalue weighted by atomic mass is 35.5. The minimum atomic E-state index is 0.275. The Bertz CT molecular complexity index is 1380. The number of carbonyl (C=O) groups is 1. The van der Waals surface area contributed by atoms with Crippen molar-refractivity contribution in [1.82, 2.24) is 24.6 Å². The molecule has 5 rings (SSSR count). The van der Waals surface area contributed by atoms with Crippen LogP contribution in [-0.4, -0.2) is 56.7 Å². The van der Waals surface area contributed by atoms with Gasteiger partial charge in [0.25, 0.3) is 0 Å². The molecule has 0 atom stereocenters. The average Bonchev–Trinajstić information content (AvgIpc) is 3.39. The van der Waals surface area contributed by atoms with E-state index in [1.165, 1.54) is 25.7 Å². The number of fused-ring (bicyclic) bond motifs is 1. The molecule has 0 radical (unpaired) electrons. The van der Waals surface area contributed by atoms with Crippen LogP contribution in [0.4, 0.5) is 5.82 Å². The second kappa shape index (κ2) is 13.1. The van der Waals surface area contributed by atoms with E-state index < -0.39 is 0 Å². The standard InChI is InChI=1S/C31H37ClN6O/c1-2-3-4-5-6-10-16-29(39)36-17-19-37(20-18-36)30-27-23-33-38(26-15-11-14-25(32)22-26)31(27)35-28(34-30)21-24-12-8-7-9-13-24/h7-9,11-15,22-23H,2-6,10,16-21H2,1H3. The Morgan fingerprint density at radius 1 is 0.897 bits per heavy atom. The minimum absolute atomic E-state index is 0.275. The summed E-state index contributed by atoms with van der Waals surface area (Å²) in [4.78, 5) is 27.1. The molecule has 1 saturated heterocycles. The summed E-state index contributed by atoms with van der Waals surface area (Å²) in [6, 6.07) is 17.9. The Morgan fingerprint density at radius 3 is 2.44 bits per heavy atom. The highest BCUT2D eigenvalue weighted by Gasteiger charge is 2.25. The van der Waals surface area contributed by atoms with Gasteiger partial charge in [-0.25, -0.2) is 14.6 Å². The third-order valence-electron chi connectivity index (χ3n) is 7.39. The van der Waals surface area contributed by atoms with E-state index in [0.717, 1.165) is 59.9 Å². The lowest BCUT2D eigenvalue weighted by molar-refractivity contribution is -0.131. The van der Waals surface area contributed by atoms with Crippen LogP contribution in [-0.2, 0) is 11.2 Å². The van der Waals surface area contributed by atoms with Crippen LogP contribution in [0.1, 0.15) is 63.3 Å². The molecule has 2 aromatic carbocycles. The molecule has 0 bridgehead atoms. The number of halogens is 1. The summed E-state index contributed by atoms with van der Waals surface area (Å²) in [5.74, 6) is 1.90. The molecule has 0 saturated carbocycles. The van der Waals surface area contributed by atoms with Gasteiger partial charge in [0, 0.05) is 44.0 Å². The van der Waals surface area contributed by atoms with Crippen molar-refractivity contribution in [1.29, 1.82) is 0 Å².